The maximum atomic E-state index is 12.2. The second kappa shape index (κ2) is 5.57. The van der Waals surface area contributed by atoms with Gasteiger partial charge in [-0.25, -0.2) is 0 Å². The van der Waals surface area contributed by atoms with Crippen LogP contribution in [0.4, 0.5) is 0 Å². The Balaban J connectivity index is 1.74. The van der Waals surface area contributed by atoms with E-state index in [9.17, 15) is 4.79 Å². The average Bonchev–Trinajstić information content (AvgIpc) is 2.96. The summed E-state index contributed by atoms with van der Waals surface area (Å²) in [6.07, 6.45) is 4.40. The first-order valence-electron chi connectivity index (χ1n) is 7.04. The van der Waals surface area contributed by atoms with E-state index in [4.69, 9.17) is 4.74 Å². The molecule has 0 aliphatic carbocycles. The van der Waals surface area contributed by atoms with Crippen molar-refractivity contribution in [1.29, 1.82) is 0 Å². The molecule has 2 fully saturated rings. The average molecular weight is 254 g/mol. The zero-order chi connectivity index (χ0) is 13.2. The Labute approximate surface area is 110 Å². The predicted molar refractivity (Wildman–Crippen MR) is 71.3 cm³/mol. The van der Waals surface area contributed by atoms with E-state index < -0.39 is 0 Å². The molecule has 2 heterocycles. The quantitative estimate of drug-likeness (QED) is 0.751. The molecule has 4 heteroatoms. The van der Waals surface area contributed by atoms with Crippen LogP contribution < -0.4 is 10.6 Å². The highest BCUT2D eigenvalue weighted by atomic mass is 16.5. The van der Waals surface area contributed by atoms with Gasteiger partial charge in [0.15, 0.2) is 0 Å². The minimum Gasteiger partial charge on any atom is -0.385 e. The van der Waals surface area contributed by atoms with Gasteiger partial charge in [0.05, 0.1) is 5.92 Å². The number of ether oxygens (including phenoxy) is 1. The van der Waals surface area contributed by atoms with Crippen molar-refractivity contribution in [1.82, 2.24) is 10.6 Å². The number of nitrogens with one attached hydrogen (secondary N) is 2. The molecule has 0 aromatic heterocycles. The summed E-state index contributed by atoms with van der Waals surface area (Å²) in [6, 6.07) is 1.02. The van der Waals surface area contributed by atoms with Crippen molar-refractivity contribution in [2.24, 2.45) is 11.3 Å². The Kier molecular flexibility index (Phi) is 4.28. The first kappa shape index (κ1) is 13.8. The van der Waals surface area contributed by atoms with Crippen molar-refractivity contribution < 1.29 is 9.53 Å². The van der Waals surface area contributed by atoms with Crippen LogP contribution in [0.1, 0.15) is 39.5 Å². The fourth-order valence-corrected chi connectivity index (χ4v) is 3.04. The minimum absolute atomic E-state index is 0.108. The fourth-order valence-electron chi connectivity index (χ4n) is 3.04. The molecule has 0 aromatic carbocycles. The zero-order valence-corrected chi connectivity index (χ0v) is 11.8. The Morgan fingerprint density at radius 2 is 2.22 bits per heavy atom. The van der Waals surface area contributed by atoms with Crippen LogP contribution >= 0.6 is 0 Å². The van der Waals surface area contributed by atoms with Gasteiger partial charge in [-0.15, -0.1) is 0 Å². The number of methoxy groups -OCH3 is 1. The topological polar surface area (TPSA) is 50.4 Å². The number of hydrogen-bond acceptors (Lipinski definition) is 3. The van der Waals surface area contributed by atoms with Crippen molar-refractivity contribution >= 4 is 5.91 Å². The second-order valence-corrected chi connectivity index (χ2v) is 6.51. The van der Waals surface area contributed by atoms with E-state index in [0.29, 0.717) is 12.1 Å². The summed E-state index contributed by atoms with van der Waals surface area (Å²) in [5.41, 5.74) is 0.108. The predicted octanol–water partition coefficient (Wildman–Crippen LogP) is 1.31. The van der Waals surface area contributed by atoms with E-state index in [2.05, 4.69) is 24.5 Å². The lowest BCUT2D eigenvalue weighted by molar-refractivity contribution is -0.126. The van der Waals surface area contributed by atoms with Crippen molar-refractivity contribution in [3.8, 4) is 0 Å². The van der Waals surface area contributed by atoms with Gasteiger partial charge in [0.25, 0.3) is 0 Å². The van der Waals surface area contributed by atoms with Crippen LogP contribution in [-0.2, 0) is 9.53 Å². The maximum absolute atomic E-state index is 12.2. The summed E-state index contributed by atoms with van der Waals surface area (Å²) in [4.78, 5) is 12.2. The lowest BCUT2D eigenvalue weighted by Crippen LogP contribution is -2.41. The Bertz CT molecular complexity index is 304. The second-order valence-electron chi connectivity index (χ2n) is 6.51. The molecule has 3 unspecified atom stereocenters. The summed E-state index contributed by atoms with van der Waals surface area (Å²) < 4.78 is 5.10. The smallest absolute Gasteiger partial charge is 0.224 e. The van der Waals surface area contributed by atoms with Crippen LogP contribution in [-0.4, -0.2) is 38.3 Å². The van der Waals surface area contributed by atoms with Crippen molar-refractivity contribution in [2.75, 3.05) is 20.3 Å². The van der Waals surface area contributed by atoms with Gasteiger partial charge < -0.3 is 15.4 Å². The molecule has 0 spiro atoms. The van der Waals surface area contributed by atoms with E-state index in [1.807, 2.05) is 0 Å². The van der Waals surface area contributed by atoms with Crippen LogP contribution in [0.25, 0.3) is 0 Å². The third-order valence-corrected chi connectivity index (χ3v) is 4.36. The molecule has 1 amide bonds. The molecule has 2 bridgehead atoms. The van der Waals surface area contributed by atoms with E-state index in [0.717, 1.165) is 32.4 Å². The summed E-state index contributed by atoms with van der Waals surface area (Å²) in [6.45, 7) is 5.83. The van der Waals surface area contributed by atoms with Gasteiger partial charge in [-0.2, -0.15) is 0 Å². The first-order chi connectivity index (χ1) is 8.52. The maximum Gasteiger partial charge on any atom is 0.224 e. The lowest BCUT2D eigenvalue weighted by atomic mass is 9.87. The normalized spacial score (nSPS) is 30.7. The Morgan fingerprint density at radius 3 is 2.78 bits per heavy atom. The fraction of sp³-hybridized carbons (Fsp3) is 0.929. The molecule has 4 nitrogen and oxygen atoms in total. The molecule has 2 aliphatic rings. The third kappa shape index (κ3) is 3.23. The molecule has 0 aromatic rings. The molecule has 2 aliphatic heterocycles. The molecule has 104 valence electrons. The van der Waals surface area contributed by atoms with Gasteiger partial charge in [-0.3, -0.25) is 4.79 Å². The monoisotopic (exact) mass is 254 g/mol. The standard InChI is InChI=1S/C14H26N2O2/c1-14(2,6-7-18-3)9-15-13(17)11-8-10-4-5-12(11)16-10/h10-12,16H,4-9H2,1-3H3,(H,15,17). The van der Waals surface area contributed by atoms with Crippen LogP contribution in [0, 0.1) is 11.3 Å². The molecule has 3 atom stereocenters. The number of hydrogen-bond donors (Lipinski definition) is 2. The Morgan fingerprint density at radius 1 is 1.44 bits per heavy atom. The van der Waals surface area contributed by atoms with Crippen LogP contribution in [0.5, 0.6) is 0 Å². The summed E-state index contributed by atoms with van der Waals surface area (Å²) in [7, 11) is 1.72. The lowest BCUT2D eigenvalue weighted by Gasteiger charge is -2.27. The molecule has 2 N–H and O–H groups in total. The van der Waals surface area contributed by atoms with Crippen molar-refractivity contribution in [2.45, 2.75) is 51.6 Å². The molecule has 2 saturated heterocycles. The number of carbonyl (C=O) groups excluding carboxylic acids is 1. The van der Waals surface area contributed by atoms with Crippen molar-refractivity contribution in [3.05, 3.63) is 0 Å². The summed E-state index contributed by atoms with van der Waals surface area (Å²) in [5, 5.41) is 6.63. The Hall–Kier alpha value is -0.610. The van der Waals surface area contributed by atoms with Gasteiger partial charge in [0, 0.05) is 32.3 Å². The third-order valence-electron chi connectivity index (χ3n) is 4.36. The molecular weight excluding hydrogens is 228 g/mol. The van der Waals surface area contributed by atoms with E-state index in [1.165, 1.54) is 6.42 Å². The molecule has 2 rings (SSSR count). The van der Waals surface area contributed by atoms with Gasteiger partial charge in [-0.05, 0) is 31.1 Å². The summed E-state index contributed by atoms with van der Waals surface area (Å²) >= 11 is 0. The first-order valence-corrected chi connectivity index (χ1v) is 7.04. The van der Waals surface area contributed by atoms with Gasteiger partial charge in [0.2, 0.25) is 5.91 Å². The number of carbonyl (C=O) groups is 1. The van der Waals surface area contributed by atoms with Crippen LogP contribution in [0.2, 0.25) is 0 Å². The highest BCUT2D eigenvalue weighted by Gasteiger charge is 2.42. The van der Waals surface area contributed by atoms with Crippen LogP contribution in [0.15, 0.2) is 0 Å². The van der Waals surface area contributed by atoms with E-state index in [-0.39, 0.29) is 17.2 Å². The van der Waals surface area contributed by atoms with Gasteiger partial charge >= 0.3 is 0 Å². The number of fused-ring (bicyclic) bond motifs is 2. The van der Waals surface area contributed by atoms with E-state index in [1.54, 1.807) is 7.11 Å². The molecule has 0 saturated carbocycles. The van der Waals surface area contributed by atoms with Gasteiger partial charge in [-0.1, -0.05) is 13.8 Å². The minimum atomic E-state index is 0.108. The van der Waals surface area contributed by atoms with Crippen LogP contribution in [0.3, 0.4) is 0 Å². The van der Waals surface area contributed by atoms with E-state index >= 15 is 0 Å². The largest absolute Gasteiger partial charge is 0.385 e. The highest BCUT2D eigenvalue weighted by molar-refractivity contribution is 5.80. The number of rotatable bonds is 6. The van der Waals surface area contributed by atoms with Gasteiger partial charge in [0.1, 0.15) is 0 Å². The number of amides is 1. The van der Waals surface area contributed by atoms with Crippen molar-refractivity contribution in [3.63, 3.8) is 0 Å². The molecule has 0 radical (unpaired) electrons. The SMILES string of the molecule is COCCC(C)(C)CNC(=O)C1CC2CCC1N2. The highest BCUT2D eigenvalue weighted by Crippen LogP contribution is 2.33. The zero-order valence-electron chi connectivity index (χ0n) is 11.8. The molecular formula is C14H26N2O2. The molecule has 18 heavy (non-hydrogen) atoms. The summed E-state index contributed by atoms with van der Waals surface area (Å²) in [5.74, 6) is 0.433.